The van der Waals surface area contributed by atoms with E-state index in [1.165, 1.54) is 37.4 Å². The zero-order valence-electron chi connectivity index (χ0n) is 12.9. The predicted molar refractivity (Wildman–Crippen MR) is 87.8 cm³/mol. The molecule has 2 aromatic rings. The van der Waals surface area contributed by atoms with E-state index in [0.29, 0.717) is 0 Å². The summed E-state index contributed by atoms with van der Waals surface area (Å²) in [7, 11) is 1.31. The third-order valence-corrected chi connectivity index (χ3v) is 3.14. The van der Waals surface area contributed by atoms with E-state index in [2.05, 4.69) is 10.5 Å². The number of rotatable bonds is 6. The number of nitro benzene ring substituents is 2. The number of nitrogens with zero attached hydrogens (tertiary/aromatic N) is 3. The van der Waals surface area contributed by atoms with Gasteiger partial charge < -0.3 is 4.74 Å². The highest BCUT2D eigenvalue weighted by Crippen LogP contribution is 2.23. The Labute approximate surface area is 141 Å². The van der Waals surface area contributed by atoms with Gasteiger partial charge in [0.15, 0.2) is 0 Å². The number of hydrazone groups is 1. The van der Waals surface area contributed by atoms with Crippen molar-refractivity contribution in [2.75, 3.05) is 7.11 Å². The molecule has 1 amide bonds. The molecule has 0 bridgehead atoms. The predicted octanol–water partition coefficient (Wildman–Crippen LogP) is 2.28. The number of para-hydroxylation sites is 1. The molecule has 0 heterocycles. The average molecular weight is 344 g/mol. The monoisotopic (exact) mass is 344 g/mol. The summed E-state index contributed by atoms with van der Waals surface area (Å²) in [6.45, 7) is 0. The number of carbonyl (C=O) groups excluding carboxylic acids is 1. The molecule has 128 valence electrons. The van der Waals surface area contributed by atoms with Crippen molar-refractivity contribution in [3.05, 3.63) is 73.8 Å². The summed E-state index contributed by atoms with van der Waals surface area (Å²) < 4.78 is 4.99. The van der Waals surface area contributed by atoms with Gasteiger partial charge in [-0.3, -0.25) is 25.0 Å². The zero-order valence-corrected chi connectivity index (χ0v) is 12.9. The number of benzene rings is 2. The third-order valence-electron chi connectivity index (χ3n) is 3.14. The van der Waals surface area contributed by atoms with Crippen molar-refractivity contribution in [1.82, 2.24) is 5.43 Å². The van der Waals surface area contributed by atoms with E-state index in [4.69, 9.17) is 4.74 Å². The summed E-state index contributed by atoms with van der Waals surface area (Å²) in [5.41, 5.74) is 1.81. The molecule has 2 aromatic carbocycles. The van der Waals surface area contributed by atoms with Gasteiger partial charge in [0.1, 0.15) is 5.75 Å². The van der Waals surface area contributed by atoms with Crippen molar-refractivity contribution < 1.29 is 19.4 Å². The van der Waals surface area contributed by atoms with Crippen LogP contribution in [0.15, 0.2) is 47.6 Å². The Morgan fingerprint density at radius 2 is 1.88 bits per heavy atom. The Balaban J connectivity index is 2.22. The number of nitrogens with one attached hydrogen (secondary N) is 1. The van der Waals surface area contributed by atoms with Gasteiger partial charge in [-0.15, -0.1) is 0 Å². The van der Waals surface area contributed by atoms with Crippen LogP contribution in [0.4, 0.5) is 11.4 Å². The van der Waals surface area contributed by atoms with E-state index >= 15 is 0 Å². The first-order valence-corrected chi connectivity index (χ1v) is 6.83. The molecule has 10 nitrogen and oxygen atoms in total. The summed E-state index contributed by atoms with van der Waals surface area (Å²) in [5, 5.41) is 25.4. The SMILES string of the molecule is COc1ccc([N+](=O)[O-])cc1C(=O)N/N=C\c1ccccc1[N+](=O)[O-]. The zero-order chi connectivity index (χ0) is 18.4. The fourth-order valence-electron chi connectivity index (χ4n) is 1.97. The summed E-state index contributed by atoms with van der Waals surface area (Å²) >= 11 is 0. The number of hydrogen-bond acceptors (Lipinski definition) is 7. The third kappa shape index (κ3) is 4.13. The second kappa shape index (κ2) is 7.64. The maximum atomic E-state index is 12.1. The largest absolute Gasteiger partial charge is 0.496 e. The van der Waals surface area contributed by atoms with Crippen molar-refractivity contribution in [1.29, 1.82) is 0 Å². The van der Waals surface area contributed by atoms with Gasteiger partial charge in [-0.25, -0.2) is 5.43 Å². The molecule has 0 radical (unpaired) electrons. The molecular formula is C15H12N4O6. The van der Waals surface area contributed by atoms with E-state index in [0.717, 1.165) is 12.3 Å². The van der Waals surface area contributed by atoms with Gasteiger partial charge in [0.05, 0.1) is 34.3 Å². The molecule has 0 saturated carbocycles. The van der Waals surface area contributed by atoms with Gasteiger partial charge >= 0.3 is 0 Å². The molecular weight excluding hydrogens is 332 g/mol. The smallest absolute Gasteiger partial charge is 0.278 e. The van der Waals surface area contributed by atoms with Crippen molar-refractivity contribution in [3.63, 3.8) is 0 Å². The average Bonchev–Trinajstić information content (AvgIpc) is 2.61. The van der Waals surface area contributed by atoms with Gasteiger partial charge in [0.25, 0.3) is 17.3 Å². The highest BCUT2D eigenvalue weighted by Gasteiger charge is 2.17. The lowest BCUT2D eigenvalue weighted by Crippen LogP contribution is -2.18. The van der Waals surface area contributed by atoms with Crippen LogP contribution in [0.1, 0.15) is 15.9 Å². The lowest BCUT2D eigenvalue weighted by atomic mass is 10.1. The molecule has 0 aliphatic carbocycles. The number of methoxy groups -OCH3 is 1. The van der Waals surface area contributed by atoms with Crippen LogP contribution < -0.4 is 10.2 Å². The van der Waals surface area contributed by atoms with Gasteiger partial charge in [0, 0.05) is 18.2 Å². The van der Waals surface area contributed by atoms with E-state index < -0.39 is 15.8 Å². The lowest BCUT2D eigenvalue weighted by molar-refractivity contribution is -0.385. The fraction of sp³-hybridized carbons (Fsp3) is 0.0667. The molecule has 0 aromatic heterocycles. The molecule has 0 fully saturated rings. The second-order valence-corrected chi connectivity index (χ2v) is 4.66. The Morgan fingerprint density at radius 3 is 2.52 bits per heavy atom. The molecule has 0 aliphatic heterocycles. The van der Waals surface area contributed by atoms with Crippen molar-refractivity contribution in [3.8, 4) is 5.75 Å². The number of ether oxygens (including phenoxy) is 1. The highest BCUT2D eigenvalue weighted by molar-refractivity contribution is 5.98. The number of non-ortho nitro benzene ring substituents is 1. The van der Waals surface area contributed by atoms with Crippen LogP contribution in [0, 0.1) is 20.2 Å². The first-order valence-electron chi connectivity index (χ1n) is 6.83. The molecule has 0 atom stereocenters. The summed E-state index contributed by atoms with van der Waals surface area (Å²) in [5.74, 6) is -0.626. The summed E-state index contributed by atoms with van der Waals surface area (Å²) in [6, 6.07) is 9.38. The fourth-order valence-corrected chi connectivity index (χ4v) is 1.97. The molecule has 0 spiro atoms. The van der Waals surface area contributed by atoms with Crippen LogP contribution >= 0.6 is 0 Å². The van der Waals surface area contributed by atoms with E-state index in [9.17, 15) is 25.0 Å². The number of carbonyl (C=O) groups is 1. The topological polar surface area (TPSA) is 137 Å². The van der Waals surface area contributed by atoms with Gasteiger partial charge in [-0.05, 0) is 12.1 Å². The van der Waals surface area contributed by atoms with E-state index in [-0.39, 0.29) is 28.3 Å². The molecule has 2 rings (SSSR count). The molecule has 1 N–H and O–H groups in total. The van der Waals surface area contributed by atoms with Gasteiger partial charge in [-0.1, -0.05) is 12.1 Å². The molecule has 0 unspecified atom stereocenters. The van der Waals surface area contributed by atoms with Crippen LogP contribution in [0.2, 0.25) is 0 Å². The summed E-state index contributed by atoms with van der Waals surface area (Å²) in [4.78, 5) is 32.6. The molecule has 0 saturated heterocycles. The van der Waals surface area contributed by atoms with Crippen molar-refractivity contribution in [2.24, 2.45) is 5.10 Å². The number of nitro groups is 2. The molecule has 10 heteroatoms. The van der Waals surface area contributed by atoms with Crippen molar-refractivity contribution in [2.45, 2.75) is 0 Å². The van der Waals surface area contributed by atoms with Crippen LogP contribution in [-0.4, -0.2) is 29.1 Å². The lowest BCUT2D eigenvalue weighted by Gasteiger charge is -2.06. The van der Waals surface area contributed by atoms with Gasteiger partial charge in [-0.2, -0.15) is 5.10 Å². The standard InChI is InChI=1S/C15H12N4O6/c1-25-14-7-6-11(18(21)22)8-12(14)15(20)17-16-9-10-4-2-3-5-13(10)19(23)24/h2-9H,1H3,(H,17,20)/b16-9-. The first kappa shape index (κ1) is 17.5. The normalized spacial score (nSPS) is 10.4. The Hall–Kier alpha value is -3.82. The second-order valence-electron chi connectivity index (χ2n) is 4.66. The Kier molecular flexibility index (Phi) is 5.36. The first-order chi connectivity index (χ1) is 11.9. The molecule has 0 aliphatic rings. The van der Waals surface area contributed by atoms with Crippen LogP contribution in [0.5, 0.6) is 5.75 Å². The summed E-state index contributed by atoms with van der Waals surface area (Å²) in [6.07, 6.45) is 1.11. The van der Waals surface area contributed by atoms with Gasteiger partial charge in [0.2, 0.25) is 0 Å². The quantitative estimate of drug-likeness (QED) is 0.485. The number of hydrogen-bond donors (Lipinski definition) is 1. The van der Waals surface area contributed by atoms with Crippen molar-refractivity contribution >= 4 is 23.5 Å². The van der Waals surface area contributed by atoms with E-state index in [1.54, 1.807) is 6.07 Å². The van der Waals surface area contributed by atoms with Crippen LogP contribution in [-0.2, 0) is 0 Å². The Bertz CT molecular complexity index is 865. The minimum Gasteiger partial charge on any atom is -0.496 e. The number of amides is 1. The maximum absolute atomic E-state index is 12.1. The maximum Gasteiger partial charge on any atom is 0.278 e. The van der Waals surface area contributed by atoms with Crippen LogP contribution in [0.3, 0.4) is 0 Å². The molecule has 25 heavy (non-hydrogen) atoms. The Morgan fingerprint density at radius 1 is 1.16 bits per heavy atom. The van der Waals surface area contributed by atoms with Crippen LogP contribution in [0.25, 0.3) is 0 Å². The minimum absolute atomic E-state index is 0.0867. The van der Waals surface area contributed by atoms with E-state index in [1.807, 2.05) is 0 Å². The minimum atomic E-state index is -0.754. The highest BCUT2D eigenvalue weighted by atomic mass is 16.6.